The van der Waals surface area contributed by atoms with E-state index in [2.05, 4.69) is 31.5 Å². The van der Waals surface area contributed by atoms with E-state index >= 15 is 0 Å². The molecular weight excluding hydrogens is 350 g/mol. The third-order valence-corrected chi connectivity index (χ3v) is 3.46. The van der Waals surface area contributed by atoms with Crippen molar-refractivity contribution in [3.63, 3.8) is 0 Å². The number of benzene rings is 1. The van der Waals surface area contributed by atoms with Gasteiger partial charge in [0, 0.05) is 18.8 Å². The van der Waals surface area contributed by atoms with Gasteiger partial charge in [0.1, 0.15) is 17.3 Å². The molecule has 7 heteroatoms. The molecule has 2 amide bonds. The van der Waals surface area contributed by atoms with Gasteiger partial charge in [-0.3, -0.25) is 5.32 Å². The Morgan fingerprint density at radius 3 is 2.82 bits per heavy atom. The lowest BCUT2D eigenvalue weighted by atomic mass is 10.2. The molecule has 2 aromatic rings. The van der Waals surface area contributed by atoms with Crippen LogP contribution in [0.4, 0.5) is 10.6 Å². The molecule has 2 rings (SSSR count). The predicted molar refractivity (Wildman–Crippen MR) is 87.3 cm³/mol. The largest absolute Gasteiger partial charge is 0.497 e. The molecular formula is C15H16BrN3O3. The first kappa shape index (κ1) is 16.1. The van der Waals surface area contributed by atoms with Crippen molar-refractivity contribution < 1.29 is 14.3 Å². The van der Waals surface area contributed by atoms with Crippen LogP contribution in [-0.2, 0) is 6.54 Å². The molecule has 0 atom stereocenters. The molecule has 0 aliphatic carbocycles. The minimum atomic E-state index is -0.348. The van der Waals surface area contributed by atoms with Gasteiger partial charge in [-0.05, 0) is 33.6 Å². The van der Waals surface area contributed by atoms with Gasteiger partial charge < -0.3 is 14.8 Å². The maximum Gasteiger partial charge on any atom is 0.320 e. The molecule has 1 heterocycles. The molecule has 116 valence electrons. The monoisotopic (exact) mass is 365 g/mol. The van der Waals surface area contributed by atoms with Gasteiger partial charge in [-0.2, -0.15) is 0 Å². The van der Waals surface area contributed by atoms with Crippen LogP contribution in [0.25, 0.3) is 0 Å². The highest BCUT2D eigenvalue weighted by Gasteiger charge is 2.07. The zero-order valence-electron chi connectivity index (χ0n) is 12.2. The minimum Gasteiger partial charge on any atom is -0.497 e. The lowest BCUT2D eigenvalue weighted by Crippen LogP contribution is -2.28. The molecule has 0 spiro atoms. The van der Waals surface area contributed by atoms with Gasteiger partial charge in [-0.1, -0.05) is 12.1 Å². The molecule has 0 unspecified atom stereocenters. The highest BCUT2D eigenvalue weighted by Crippen LogP contribution is 2.25. The zero-order valence-corrected chi connectivity index (χ0v) is 13.8. The molecule has 0 bridgehead atoms. The number of urea groups is 1. The topological polar surface area (TPSA) is 72.5 Å². The zero-order chi connectivity index (χ0) is 15.9. The molecule has 0 saturated carbocycles. The van der Waals surface area contributed by atoms with Gasteiger partial charge in [0.15, 0.2) is 0 Å². The van der Waals surface area contributed by atoms with E-state index in [-0.39, 0.29) is 6.03 Å². The van der Waals surface area contributed by atoms with Crippen LogP contribution in [0.5, 0.6) is 11.5 Å². The van der Waals surface area contributed by atoms with Gasteiger partial charge in [0.25, 0.3) is 0 Å². The van der Waals surface area contributed by atoms with Crippen molar-refractivity contribution in [1.29, 1.82) is 0 Å². The van der Waals surface area contributed by atoms with E-state index in [1.54, 1.807) is 26.5 Å². The molecule has 2 N–H and O–H groups in total. The Kier molecular flexibility index (Phi) is 5.60. The Hall–Kier alpha value is -2.28. The third-order valence-electron chi connectivity index (χ3n) is 2.87. The smallest absolute Gasteiger partial charge is 0.320 e. The Labute approximate surface area is 137 Å². The molecule has 1 aromatic heterocycles. The number of hydrogen-bond acceptors (Lipinski definition) is 4. The van der Waals surface area contributed by atoms with E-state index in [9.17, 15) is 4.79 Å². The average molecular weight is 366 g/mol. The maximum atomic E-state index is 11.9. The standard InChI is InChI=1S/C15H16BrN3O3/c1-21-11-5-3-4-10(6-11)8-18-15(20)19-14-7-13(22-2)12(16)9-17-14/h3-7,9H,8H2,1-2H3,(H2,17,18,19,20). The number of nitrogens with zero attached hydrogens (tertiary/aromatic N) is 1. The number of anilines is 1. The van der Waals surface area contributed by atoms with Gasteiger partial charge in [0.2, 0.25) is 0 Å². The van der Waals surface area contributed by atoms with Crippen molar-refractivity contribution in [3.05, 3.63) is 46.6 Å². The quantitative estimate of drug-likeness (QED) is 0.853. The molecule has 0 fully saturated rings. The summed E-state index contributed by atoms with van der Waals surface area (Å²) < 4.78 is 11.0. The molecule has 0 aliphatic heterocycles. The van der Waals surface area contributed by atoms with Gasteiger partial charge >= 0.3 is 6.03 Å². The lowest BCUT2D eigenvalue weighted by molar-refractivity contribution is 0.251. The van der Waals surface area contributed by atoms with E-state index < -0.39 is 0 Å². The summed E-state index contributed by atoms with van der Waals surface area (Å²) in [5, 5.41) is 5.40. The normalized spacial score (nSPS) is 9.95. The van der Waals surface area contributed by atoms with Crippen LogP contribution in [0.15, 0.2) is 41.0 Å². The fourth-order valence-electron chi connectivity index (χ4n) is 1.77. The second-order valence-corrected chi connectivity index (χ2v) is 5.22. The summed E-state index contributed by atoms with van der Waals surface area (Å²) in [5.41, 5.74) is 0.941. The van der Waals surface area contributed by atoms with Crippen LogP contribution in [0.3, 0.4) is 0 Å². The number of aromatic nitrogens is 1. The molecule has 0 saturated heterocycles. The number of methoxy groups -OCH3 is 2. The van der Waals surface area contributed by atoms with E-state index in [4.69, 9.17) is 9.47 Å². The van der Waals surface area contributed by atoms with Crippen molar-refractivity contribution in [2.75, 3.05) is 19.5 Å². The summed E-state index contributed by atoms with van der Waals surface area (Å²) in [6, 6.07) is 8.77. The summed E-state index contributed by atoms with van der Waals surface area (Å²) in [6.45, 7) is 0.386. The van der Waals surface area contributed by atoms with Crippen LogP contribution in [0.2, 0.25) is 0 Å². The van der Waals surface area contributed by atoms with Gasteiger partial charge in [0.05, 0.1) is 18.7 Å². The number of pyridine rings is 1. The van der Waals surface area contributed by atoms with Crippen molar-refractivity contribution in [3.8, 4) is 11.5 Å². The number of amides is 2. The number of nitrogens with one attached hydrogen (secondary N) is 2. The molecule has 0 aliphatic rings. The Morgan fingerprint density at radius 1 is 1.27 bits per heavy atom. The van der Waals surface area contributed by atoms with Crippen molar-refractivity contribution >= 4 is 27.8 Å². The highest BCUT2D eigenvalue weighted by molar-refractivity contribution is 9.10. The fourth-order valence-corrected chi connectivity index (χ4v) is 2.15. The SMILES string of the molecule is COc1cccc(CNC(=O)Nc2cc(OC)c(Br)cn2)c1. The van der Waals surface area contributed by atoms with Crippen molar-refractivity contribution in [1.82, 2.24) is 10.3 Å². The van der Waals surface area contributed by atoms with Crippen molar-refractivity contribution in [2.45, 2.75) is 6.54 Å². The Bertz CT molecular complexity index is 664. The second-order valence-electron chi connectivity index (χ2n) is 4.36. The minimum absolute atomic E-state index is 0.348. The number of rotatable bonds is 5. The molecule has 6 nitrogen and oxygen atoms in total. The molecule has 22 heavy (non-hydrogen) atoms. The number of halogens is 1. The summed E-state index contributed by atoms with van der Waals surface area (Å²) >= 11 is 3.30. The second kappa shape index (κ2) is 7.65. The van der Waals surface area contributed by atoms with E-state index in [1.165, 1.54) is 0 Å². The Morgan fingerprint density at radius 2 is 2.09 bits per heavy atom. The Balaban J connectivity index is 1.92. The maximum absolute atomic E-state index is 11.9. The number of hydrogen-bond donors (Lipinski definition) is 2. The van der Waals surface area contributed by atoms with Crippen LogP contribution in [0.1, 0.15) is 5.56 Å². The molecule has 0 radical (unpaired) electrons. The lowest BCUT2D eigenvalue weighted by Gasteiger charge is -2.09. The van der Waals surface area contributed by atoms with Gasteiger partial charge in [-0.15, -0.1) is 0 Å². The van der Waals surface area contributed by atoms with Crippen LogP contribution >= 0.6 is 15.9 Å². The predicted octanol–water partition coefficient (Wildman–Crippen LogP) is 3.18. The number of carbonyl (C=O) groups excluding carboxylic acids is 1. The summed E-state index contributed by atoms with van der Waals surface area (Å²) in [7, 11) is 3.15. The van der Waals surface area contributed by atoms with E-state index in [1.807, 2.05) is 24.3 Å². The molecule has 1 aromatic carbocycles. The van der Waals surface area contributed by atoms with E-state index in [0.717, 1.165) is 15.8 Å². The van der Waals surface area contributed by atoms with Crippen molar-refractivity contribution in [2.24, 2.45) is 0 Å². The van der Waals surface area contributed by atoms with Crippen LogP contribution in [-0.4, -0.2) is 25.2 Å². The first-order valence-corrected chi connectivity index (χ1v) is 7.29. The first-order valence-electron chi connectivity index (χ1n) is 6.49. The number of ether oxygens (including phenoxy) is 2. The third kappa shape index (κ3) is 4.36. The number of carbonyl (C=O) groups is 1. The van der Waals surface area contributed by atoms with Gasteiger partial charge in [-0.25, -0.2) is 9.78 Å². The highest BCUT2D eigenvalue weighted by atomic mass is 79.9. The summed E-state index contributed by atoms with van der Waals surface area (Å²) in [4.78, 5) is 16.0. The van der Waals surface area contributed by atoms with Crippen LogP contribution in [0, 0.1) is 0 Å². The fraction of sp³-hybridized carbons (Fsp3) is 0.200. The van der Waals surface area contributed by atoms with Crippen LogP contribution < -0.4 is 20.1 Å². The summed E-state index contributed by atoms with van der Waals surface area (Å²) in [5.74, 6) is 1.75. The van der Waals surface area contributed by atoms with E-state index in [0.29, 0.717) is 18.1 Å². The summed E-state index contributed by atoms with van der Waals surface area (Å²) in [6.07, 6.45) is 1.57. The average Bonchev–Trinajstić information content (AvgIpc) is 2.55. The first-order chi connectivity index (χ1) is 10.6.